The Hall–Kier alpha value is -0.0900. The summed E-state index contributed by atoms with van der Waals surface area (Å²) in [5.74, 6) is 1.23. The van der Waals surface area contributed by atoms with E-state index in [1.165, 1.54) is 44.9 Å². The molecule has 1 N–H and O–H groups in total. The van der Waals surface area contributed by atoms with Gasteiger partial charge in [0.05, 0.1) is 11.0 Å². The summed E-state index contributed by atoms with van der Waals surface area (Å²) in [5, 5.41) is 3.06. The third kappa shape index (κ3) is 5.90. The predicted molar refractivity (Wildman–Crippen MR) is 91.4 cm³/mol. The average molecular weight is 318 g/mol. The zero-order valence-corrected chi connectivity index (χ0v) is 15.3. The van der Waals surface area contributed by atoms with Gasteiger partial charge >= 0.3 is 0 Å². The molecule has 21 heavy (non-hydrogen) atoms. The van der Waals surface area contributed by atoms with Crippen LogP contribution >= 0.6 is 0 Å². The summed E-state index contributed by atoms with van der Waals surface area (Å²) in [4.78, 5) is 0. The van der Waals surface area contributed by atoms with E-state index >= 15 is 0 Å². The van der Waals surface area contributed by atoms with E-state index in [4.69, 9.17) is 0 Å². The van der Waals surface area contributed by atoms with Gasteiger partial charge in [0, 0.05) is 6.54 Å². The fraction of sp³-hybridized carbons (Fsp3) is 1.00. The van der Waals surface area contributed by atoms with Crippen LogP contribution in [0.1, 0.15) is 72.1 Å². The lowest BCUT2D eigenvalue weighted by Crippen LogP contribution is -2.38. The Kier molecular flexibility index (Phi) is 7.69. The maximum Gasteiger partial charge on any atom is 0.152 e. The van der Waals surface area contributed by atoms with Crippen molar-refractivity contribution in [2.45, 2.75) is 77.4 Å². The topological polar surface area (TPSA) is 46.2 Å². The highest BCUT2D eigenvalue weighted by molar-refractivity contribution is 7.91. The third-order valence-corrected chi connectivity index (χ3v) is 7.53. The molecule has 1 fully saturated rings. The molecule has 0 atom stereocenters. The van der Waals surface area contributed by atoms with Gasteiger partial charge < -0.3 is 5.32 Å². The second-order valence-corrected chi connectivity index (χ2v) is 9.96. The van der Waals surface area contributed by atoms with E-state index in [2.05, 4.69) is 12.2 Å². The molecule has 3 nitrogen and oxygen atoms in total. The molecule has 0 aromatic rings. The first-order valence-electron chi connectivity index (χ1n) is 8.71. The monoisotopic (exact) mass is 317 g/mol. The van der Waals surface area contributed by atoms with Crippen LogP contribution in [0.4, 0.5) is 0 Å². The van der Waals surface area contributed by atoms with Crippen molar-refractivity contribution in [2.75, 3.05) is 19.3 Å². The highest BCUT2D eigenvalue weighted by Crippen LogP contribution is 2.43. The molecule has 0 saturated heterocycles. The first kappa shape index (κ1) is 19.0. The van der Waals surface area contributed by atoms with Crippen LogP contribution in [-0.2, 0) is 9.84 Å². The second kappa shape index (κ2) is 8.52. The lowest BCUT2D eigenvalue weighted by Gasteiger charge is -2.40. The van der Waals surface area contributed by atoms with Gasteiger partial charge in [0.15, 0.2) is 9.84 Å². The van der Waals surface area contributed by atoms with Crippen LogP contribution in [0.25, 0.3) is 0 Å². The minimum absolute atomic E-state index is 0.208. The molecule has 1 rings (SSSR count). The van der Waals surface area contributed by atoms with Crippen LogP contribution < -0.4 is 5.32 Å². The van der Waals surface area contributed by atoms with Crippen molar-refractivity contribution < 1.29 is 8.42 Å². The van der Waals surface area contributed by atoms with Crippen molar-refractivity contribution in [1.82, 2.24) is 5.32 Å². The van der Waals surface area contributed by atoms with Gasteiger partial charge in [-0.25, -0.2) is 8.42 Å². The Morgan fingerprint density at radius 3 is 2.33 bits per heavy atom. The Balaban J connectivity index is 2.57. The van der Waals surface area contributed by atoms with Gasteiger partial charge in [-0.15, -0.1) is 0 Å². The molecule has 0 aromatic carbocycles. The molecule has 0 heterocycles. The van der Waals surface area contributed by atoms with Crippen LogP contribution in [0.5, 0.6) is 0 Å². The lowest BCUT2D eigenvalue weighted by molar-refractivity contribution is 0.137. The van der Waals surface area contributed by atoms with Crippen molar-refractivity contribution in [2.24, 2.45) is 11.3 Å². The summed E-state index contributed by atoms with van der Waals surface area (Å²) in [7, 11) is -0.922. The van der Waals surface area contributed by atoms with Crippen LogP contribution in [0.3, 0.4) is 0 Å². The molecular weight excluding hydrogens is 282 g/mol. The van der Waals surface area contributed by atoms with E-state index in [0.717, 1.165) is 18.9 Å². The van der Waals surface area contributed by atoms with Gasteiger partial charge in [0.1, 0.15) is 0 Å². The molecule has 0 aromatic heterocycles. The Morgan fingerprint density at radius 1 is 1.24 bits per heavy atom. The Morgan fingerprint density at radius 2 is 1.86 bits per heavy atom. The standard InChI is InChI=1S/C17H35NO2S/c1-5-6-7-16-8-10-17(11-9-16,14-18-4)12-13-21(19,20)15(2)3/h15-16,18H,5-14H2,1-4H3. The maximum absolute atomic E-state index is 12.1. The molecular formula is C17H35NO2S. The summed E-state index contributed by atoms with van der Waals surface area (Å²) in [6, 6.07) is 0. The van der Waals surface area contributed by atoms with E-state index in [1.807, 2.05) is 7.05 Å². The van der Waals surface area contributed by atoms with Crippen molar-refractivity contribution in [3.8, 4) is 0 Å². The summed E-state index contributed by atoms with van der Waals surface area (Å²) in [5.41, 5.74) is 0.208. The van der Waals surface area contributed by atoms with E-state index in [1.54, 1.807) is 13.8 Å². The number of nitrogens with one attached hydrogen (secondary N) is 1. The molecule has 0 unspecified atom stereocenters. The first-order chi connectivity index (χ1) is 9.85. The van der Waals surface area contributed by atoms with E-state index in [9.17, 15) is 8.42 Å². The normalized spacial score (nSPS) is 27.2. The molecule has 126 valence electrons. The number of hydrogen-bond acceptors (Lipinski definition) is 3. The minimum Gasteiger partial charge on any atom is -0.319 e. The molecule has 1 aliphatic carbocycles. The molecule has 0 amide bonds. The van der Waals surface area contributed by atoms with E-state index < -0.39 is 9.84 Å². The number of unbranched alkanes of at least 4 members (excludes halogenated alkanes) is 1. The zero-order valence-electron chi connectivity index (χ0n) is 14.5. The van der Waals surface area contributed by atoms with Crippen molar-refractivity contribution in [3.63, 3.8) is 0 Å². The van der Waals surface area contributed by atoms with Crippen molar-refractivity contribution in [3.05, 3.63) is 0 Å². The van der Waals surface area contributed by atoms with Gasteiger partial charge in [0.2, 0.25) is 0 Å². The van der Waals surface area contributed by atoms with Crippen molar-refractivity contribution >= 4 is 9.84 Å². The SMILES string of the molecule is CCCCC1CCC(CCS(=O)(=O)C(C)C)(CNC)CC1. The highest BCUT2D eigenvalue weighted by Gasteiger charge is 2.35. The highest BCUT2D eigenvalue weighted by atomic mass is 32.2. The lowest BCUT2D eigenvalue weighted by atomic mass is 9.68. The zero-order chi connectivity index (χ0) is 15.9. The molecule has 1 aliphatic rings. The summed E-state index contributed by atoms with van der Waals surface area (Å²) in [6.07, 6.45) is 9.75. The van der Waals surface area contributed by atoms with Crippen LogP contribution in [0, 0.1) is 11.3 Å². The van der Waals surface area contributed by atoms with Gasteiger partial charge in [-0.05, 0) is 64.3 Å². The van der Waals surface area contributed by atoms with E-state index in [-0.39, 0.29) is 10.7 Å². The molecule has 0 spiro atoms. The molecule has 4 heteroatoms. The fourth-order valence-electron chi connectivity index (χ4n) is 3.56. The molecule has 0 bridgehead atoms. The van der Waals surface area contributed by atoms with E-state index in [0.29, 0.717) is 5.75 Å². The summed E-state index contributed by atoms with van der Waals surface area (Å²) in [6.45, 7) is 6.80. The van der Waals surface area contributed by atoms with Gasteiger partial charge in [-0.3, -0.25) is 0 Å². The van der Waals surface area contributed by atoms with Gasteiger partial charge in [0.25, 0.3) is 0 Å². The van der Waals surface area contributed by atoms with Gasteiger partial charge in [-0.2, -0.15) is 0 Å². The van der Waals surface area contributed by atoms with Crippen LogP contribution in [0.2, 0.25) is 0 Å². The van der Waals surface area contributed by atoms with Crippen molar-refractivity contribution in [1.29, 1.82) is 0 Å². The smallest absolute Gasteiger partial charge is 0.152 e. The Bertz CT molecular complexity index is 382. The second-order valence-electron chi connectivity index (χ2n) is 7.28. The Labute approximate surface area is 132 Å². The van der Waals surface area contributed by atoms with Crippen LogP contribution in [0.15, 0.2) is 0 Å². The molecule has 1 saturated carbocycles. The maximum atomic E-state index is 12.1. The summed E-state index contributed by atoms with van der Waals surface area (Å²) >= 11 is 0. The predicted octanol–water partition coefficient (Wildman–Crippen LogP) is 3.79. The molecule has 0 aliphatic heterocycles. The molecule has 0 radical (unpaired) electrons. The summed E-state index contributed by atoms with van der Waals surface area (Å²) < 4.78 is 24.2. The quantitative estimate of drug-likeness (QED) is 0.704. The number of rotatable bonds is 9. The third-order valence-electron chi connectivity index (χ3n) is 5.32. The van der Waals surface area contributed by atoms with Crippen LogP contribution in [-0.4, -0.2) is 33.0 Å². The first-order valence-corrected chi connectivity index (χ1v) is 10.4. The van der Waals surface area contributed by atoms with Gasteiger partial charge in [-0.1, -0.05) is 26.2 Å². The average Bonchev–Trinajstić information content (AvgIpc) is 2.45. The fourth-order valence-corrected chi connectivity index (χ4v) is 4.75. The largest absolute Gasteiger partial charge is 0.319 e. The minimum atomic E-state index is -2.91. The number of hydrogen-bond donors (Lipinski definition) is 1. The number of sulfone groups is 1.